The Morgan fingerprint density at radius 2 is 1.43 bits per heavy atom. The van der Waals surface area contributed by atoms with Crippen molar-refractivity contribution in [3.05, 3.63) is 72.3 Å². The van der Waals surface area contributed by atoms with E-state index in [1.165, 1.54) is 159 Å². The summed E-state index contributed by atoms with van der Waals surface area (Å²) in [5.41, 5.74) is 2.70. The van der Waals surface area contributed by atoms with E-state index in [4.69, 9.17) is 0 Å². The normalized spacial score (nSPS) is 15.4. The van der Waals surface area contributed by atoms with Gasteiger partial charge in [0.2, 0.25) is 0 Å². The van der Waals surface area contributed by atoms with E-state index in [0.717, 1.165) is 32.0 Å². The van der Waals surface area contributed by atoms with Crippen LogP contribution in [0.5, 0.6) is 0 Å². The number of fused-ring (bicyclic) bond motifs is 1. The van der Waals surface area contributed by atoms with Crippen LogP contribution in [0, 0.1) is 0 Å². The van der Waals surface area contributed by atoms with E-state index >= 15 is 0 Å². The largest absolute Gasteiger partial charge is 0.355 e. The minimum atomic E-state index is 0.840. The molecule has 7 nitrogen and oxygen atoms in total. The molecule has 2 aliphatic heterocycles. The maximum Gasteiger partial charge on any atom is 0.108 e. The van der Waals surface area contributed by atoms with Gasteiger partial charge in [-0.05, 0) is 148 Å². The molecule has 0 radical (unpaired) electrons. The van der Waals surface area contributed by atoms with Crippen molar-refractivity contribution in [2.75, 3.05) is 46.3 Å². The molecule has 0 amide bonds. The van der Waals surface area contributed by atoms with Crippen LogP contribution in [0.25, 0.3) is 0 Å². The molecule has 3 aromatic rings. The lowest BCUT2D eigenvalue weighted by Gasteiger charge is -2.15. The van der Waals surface area contributed by atoms with Crippen LogP contribution in [-0.4, -0.2) is 81.3 Å². The van der Waals surface area contributed by atoms with Gasteiger partial charge in [0.25, 0.3) is 0 Å². The number of aromatic nitrogens is 4. The van der Waals surface area contributed by atoms with E-state index in [2.05, 4.69) is 108 Å². The van der Waals surface area contributed by atoms with Crippen LogP contribution in [0.3, 0.4) is 0 Å². The molecule has 1 saturated carbocycles. The van der Waals surface area contributed by atoms with Crippen LogP contribution in [0.2, 0.25) is 0 Å². The Morgan fingerprint density at radius 1 is 0.722 bits per heavy atom. The average Bonchev–Trinajstić information content (AvgIpc) is 3.98. The predicted octanol–water partition coefficient (Wildman–Crippen LogP) is 11.3. The number of rotatable bonds is 13. The first kappa shape index (κ1) is 49.5. The quantitative estimate of drug-likeness (QED) is 0.139. The minimum Gasteiger partial charge on any atom is -0.355 e. The first-order chi connectivity index (χ1) is 26.5. The second kappa shape index (κ2) is 35.0. The molecule has 310 valence electrons. The van der Waals surface area contributed by atoms with Crippen molar-refractivity contribution in [2.45, 2.75) is 183 Å². The molecule has 54 heavy (non-hydrogen) atoms. The van der Waals surface area contributed by atoms with Crippen molar-refractivity contribution >= 4 is 0 Å². The summed E-state index contributed by atoms with van der Waals surface area (Å²) in [6, 6.07) is 8.94. The van der Waals surface area contributed by atoms with Gasteiger partial charge in [-0.1, -0.05) is 86.1 Å². The zero-order chi connectivity index (χ0) is 39.5. The van der Waals surface area contributed by atoms with Crippen molar-refractivity contribution in [3.63, 3.8) is 0 Å². The van der Waals surface area contributed by atoms with Gasteiger partial charge < -0.3 is 24.3 Å². The number of nitrogens with one attached hydrogen (secondary N) is 1. The summed E-state index contributed by atoms with van der Waals surface area (Å²) < 4.78 is 4.50. The highest BCUT2D eigenvalue weighted by atomic mass is 15.1. The Bertz CT molecular complexity index is 1150. The maximum atomic E-state index is 4.39. The molecule has 6 rings (SSSR count). The van der Waals surface area contributed by atoms with Gasteiger partial charge in [-0.3, -0.25) is 4.98 Å². The van der Waals surface area contributed by atoms with Crippen molar-refractivity contribution in [1.29, 1.82) is 0 Å². The average molecular weight is 750 g/mol. The number of unbranched alkanes of at least 4 members (excludes halogenated alkanes) is 2. The molecule has 0 atom stereocenters. The van der Waals surface area contributed by atoms with Gasteiger partial charge in [0, 0.05) is 62.2 Å². The summed E-state index contributed by atoms with van der Waals surface area (Å²) in [5, 5.41) is 3.52. The monoisotopic (exact) mass is 750 g/mol. The second-order valence-corrected chi connectivity index (χ2v) is 15.2. The Morgan fingerprint density at radius 3 is 1.94 bits per heavy atom. The van der Waals surface area contributed by atoms with Gasteiger partial charge in [-0.25, -0.2) is 4.98 Å². The molecule has 3 aliphatic rings. The van der Waals surface area contributed by atoms with Crippen molar-refractivity contribution < 1.29 is 0 Å². The maximum absolute atomic E-state index is 4.39. The SMILES string of the molecule is CCCCCN(C)CCC.CCCN1CCCC1.CCNC1CCCCCC1.CCc1cccnc1.CCc1cnc2n1CCCC2.CCn1cccc1. The molecule has 1 N–H and O–H groups in total. The molecule has 2 fully saturated rings. The van der Waals surface area contributed by atoms with Crippen LogP contribution in [0.4, 0.5) is 0 Å². The van der Waals surface area contributed by atoms with Crippen LogP contribution in [-0.2, 0) is 32.4 Å². The van der Waals surface area contributed by atoms with E-state index in [9.17, 15) is 0 Å². The number of aryl methyl sites for hydroxylation is 4. The number of imidazole rings is 1. The fourth-order valence-corrected chi connectivity index (χ4v) is 7.17. The van der Waals surface area contributed by atoms with Gasteiger partial charge >= 0.3 is 0 Å². The summed E-state index contributed by atoms with van der Waals surface area (Å²) in [7, 11) is 2.21. The second-order valence-electron chi connectivity index (χ2n) is 15.2. The first-order valence-corrected chi connectivity index (χ1v) is 22.6. The lowest BCUT2D eigenvalue weighted by atomic mass is 10.1. The summed E-state index contributed by atoms with van der Waals surface area (Å²) in [6.07, 6.45) is 34.0. The van der Waals surface area contributed by atoms with Gasteiger partial charge in [-0.15, -0.1) is 0 Å². The minimum absolute atomic E-state index is 0.840. The summed E-state index contributed by atoms with van der Waals surface area (Å²) in [5.74, 6) is 1.30. The van der Waals surface area contributed by atoms with E-state index in [1.807, 2.05) is 30.6 Å². The fourth-order valence-electron chi connectivity index (χ4n) is 7.17. The van der Waals surface area contributed by atoms with Gasteiger partial charge in [0.05, 0.1) is 0 Å². The predicted molar refractivity (Wildman–Crippen MR) is 237 cm³/mol. The molecule has 5 heterocycles. The molecule has 0 aromatic carbocycles. The van der Waals surface area contributed by atoms with E-state index < -0.39 is 0 Å². The molecule has 3 aromatic heterocycles. The van der Waals surface area contributed by atoms with Gasteiger partial charge in [0.15, 0.2) is 0 Å². The van der Waals surface area contributed by atoms with Crippen LogP contribution in [0.15, 0.2) is 55.2 Å². The highest BCUT2D eigenvalue weighted by Gasteiger charge is 2.12. The number of likely N-dealkylation sites (tertiary alicyclic amines) is 1. The Balaban J connectivity index is 0.000000326. The summed E-state index contributed by atoms with van der Waals surface area (Å²) in [4.78, 5) is 13.3. The van der Waals surface area contributed by atoms with E-state index in [-0.39, 0.29) is 0 Å². The highest BCUT2D eigenvalue weighted by molar-refractivity contribution is 5.08. The summed E-state index contributed by atoms with van der Waals surface area (Å²) in [6.45, 7) is 25.3. The van der Waals surface area contributed by atoms with Crippen LogP contribution in [0.1, 0.15) is 162 Å². The van der Waals surface area contributed by atoms with E-state index in [0.29, 0.717) is 0 Å². The molecule has 0 unspecified atom stereocenters. The topological polar surface area (TPSA) is 54.1 Å². The Kier molecular flexibility index (Phi) is 32.1. The van der Waals surface area contributed by atoms with E-state index in [1.54, 1.807) is 6.20 Å². The first-order valence-electron chi connectivity index (χ1n) is 22.6. The number of pyridine rings is 1. The Labute approximate surface area is 335 Å². The zero-order valence-corrected chi connectivity index (χ0v) is 36.8. The van der Waals surface area contributed by atoms with Crippen LogP contribution >= 0.6 is 0 Å². The van der Waals surface area contributed by atoms with Gasteiger partial charge in [-0.2, -0.15) is 0 Å². The molecule has 0 spiro atoms. The fraction of sp³-hybridized carbons (Fsp3) is 0.745. The smallest absolute Gasteiger partial charge is 0.108 e. The molecule has 7 heteroatoms. The molecule has 1 aliphatic carbocycles. The lowest BCUT2D eigenvalue weighted by Crippen LogP contribution is -2.27. The standard InChI is InChI=1S/C9H14N2.C9H19N.C9H21N.C7H9N.C7H15N.C6H9N/c1-2-8-7-10-9-5-3-4-6-11(8)9;1-2-10-9-7-5-3-4-6-8-9;1-4-6-7-9-10(3)8-5-2;1-2-7-4-3-5-8-6-7;1-2-5-8-6-3-4-7-8;1-2-7-5-3-4-6-7/h7H,2-6H2,1H3;9-10H,2-8H2,1H3;4-9H2,1-3H3;3-6H,2H2,1H3;2-7H2,1H3;3-6H,2H2,1H3. The van der Waals surface area contributed by atoms with Crippen molar-refractivity contribution in [3.8, 4) is 0 Å². The Hall–Kier alpha value is -2.48. The molecule has 1 saturated heterocycles. The molecular formula is C47H87N7. The number of hydrogen-bond acceptors (Lipinski definition) is 5. The third-order valence-corrected chi connectivity index (χ3v) is 10.4. The lowest BCUT2D eigenvalue weighted by molar-refractivity contribution is 0.326. The third-order valence-electron chi connectivity index (χ3n) is 10.4. The summed E-state index contributed by atoms with van der Waals surface area (Å²) >= 11 is 0. The zero-order valence-electron chi connectivity index (χ0n) is 36.8. The molecular weight excluding hydrogens is 663 g/mol. The number of hydrogen-bond donors (Lipinski definition) is 1. The van der Waals surface area contributed by atoms with Crippen molar-refractivity contribution in [1.82, 2.24) is 34.2 Å². The van der Waals surface area contributed by atoms with Gasteiger partial charge in [0.1, 0.15) is 5.82 Å². The number of nitrogens with zero attached hydrogens (tertiary/aromatic N) is 6. The van der Waals surface area contributed by atoms with Crippen LogP contribution < -0.4 is 5.32 Å². The van der Waals surface area contributed by atoms with Crippen molar-refractivity contribution in [2.24, 2.45) is 0 Å². The molecule has 0 bridgehead atoms. The highest BCUT2D eigenvalue weighted by Crippen LogP contribution is 2.17. The third kappa shape index (κ3) is 24.8.